The van der Waals surface area contributed by atoms with Gasteiger partial charge in [0.05, 0.1) is 0 Å². The Labute approximate surface area is 156 Å². The largest absolute Gasteiger partial charge is 0.508 e. The summed E-state index contributed by atoms with van der Waals surface area (Å²) in [5, 5.41) is 21.9. The standard InChI is InChI=1S/C18H25F2NO6/c1-5-6-18(15(24)26-10-14(19)20,21-16(25)27-17(2,3)4)11-7-12(22)9-13(23)8-11/h7-9,14,22-23H,5-6,10H2,1-4H3,(H,21,25). The number of halogens is 2. The van der Waals surface area contributed by atoms with Crippen LogP contribution in [0.4, 0.5) is 13.6 Å². The fraction of sp³-hybridized carbons (Fsp3) is 0.556. The third-order valence-electron chi connectivity index (χ3n) is 3.42. The van der Waals surface area contributed by atoms with Crippen molar-refractivity contribution in [3.63, 3.8) is 0 Å². The number of phenolic OH excluding ortho intramolecular Hbond substituents is 2. The predicted octanol–water partition coefficient (Wildman–Crippen LogP) is 3.43. The zero-order valence-corrected chi connectivity index (χ0v) is 15.7. The highest BCUT2D eigenvalue weighted by Gasteiger charge is 2.44. The molecule has 3 N–H and O–H groups in total. The molecule has 1 aromatic rings. The summed E-state index contributed by atoms with van der Waals surface area (Å²) in [6, 6.07) is 3.30. The van der Waals surface area contributed by atoms with Crippen molar-refractivity contribution < 1.29 is 38.1 Å². The molecular weight excluding hydrogens is 364 g/mol. The first-order valence-electron chi connectivity index (χ1n) is 8.39. The van der Waals surface area contributed by atoms with Crippen molar-refractivity contribution in [3.8, 4) is 11.5 Å². The van der Waals surface area contributed by atoms with Crippen LogP contribution in [0.25, 0.3) is 0 Å². The monoisotopic (exact) mass is 389 g/mol. The minimum Gasteiger partial charge on any atom is -0.508 e. The molecule has 0 radical (unpaired) electrons. The van der Waals surface area contributed by atoms with E-state index in [1.165, 1.54) is 0 Å². The van der Waals surface area contributed by atoms with E-state index in [1.54, 1.807) is 27.7 Å². The second kappa shape index (κ2) is 8.88. The van der Waals surface area contributed by atoms with Crippen LogP contribution in [0.2, 0.25) is 0 Å². The highest BCUT2D eigenvalue weighted by atomic mass is 19.3. The third kappa shape index (κ3) is 6.58. The molecule has 152 valence electrons. The van der Waals surface area contributed by atoms with Gasteiger partial charge in [-0.1, -0.05) is 13.3 Å². The number of nitrogens with one attached hydrogen (secondary N) is 1. The van der Waals surface area contributed by atoms with Gasteiger partial charge in [-0.3, -0.25) is 0 Å². The van der Waals surface area contributed by atoms with Crippen LogP contribution in [0, 0.1) is 0 Å². The van der Waals surface area contributed by atoms with Crippen molar-refractivity contribution in [1.29, 1.82) is 0 Å². The number of alkyl halides is 2. The van der Waals surface area contributed by atoms with Gasteiger partial charge in [0.15, 0.2) is 12.1 Å². The smallest absolute Gasteiger partial charge is 0.408 e. The number of benzene rings is 1. The van der Waals surface area contributed by atoms with E-state index in [1.807, 2.05) is 0 Å². The van der Waals surface area contributed by atoms with E-state index in [2.05, 4.69) is 10.1 Å². The number of carbonyl (C=O) groups is 2. The molecule has 9 heteroatoms. The Balaban J connectivity index is 3.40. The fourth-order valence-electron chi connectivity index (χ4n) is 2.51. The van der Waals surface area contributed by atoms with E-state index in [4.69, 9.17) is 4.74 Å². The van der Waals surface area contributed by atoms with Gasteiger partial charge in [-0.2, -0.15) is 0 Å². The number of esters is 1. The molecule has 27 heavy (non-hydrogen) atoms. The molecule has 1 rings (SSSR count). The second-order valence-corrected chi connectivity index (χ2v) is 7.01. The average Bonchev–Trinajstić information content (AvgIpc) is 2.49. The van der Waals surface area contributed by atoms with Gasteiger partial charge >= 0.3 is 12.1 Å². The van der Waals surface area contributed by atoms with Crippen molar-refractivity contribution in [2.75, 3.05) is 6.61 Å². The summed E-state index contributed by atoms with van der Waals surface area (Å²) in [5.74, 6) is -1.91. The summed E-state index contributed by atoms with van der Waals surface area (Å²) in [5.41, 5.74) is -2.83. The normalized spacial score (nSPS) is 13.7. The fourth-order valence-corrected chi connectivity index (χ4v) is 2.51. The Kier molecular flexibility index (Phi) is 7.38. The molecule has 0 aliphatic rings. The third-order valence-corrected chi connectivity index (χ3v) is 3.42. The predicted molar refractivity (Wildman–Crippen MR) is 92.7 cm³/mol. The van der Waals surface area contributed by atoms with Crippen LogP contribution < -0.4 is 5.32 Å². The number of alkyl carbamates (subject to hydrolysis) is 1. The van der Waals surface area contributed by atoms with Crippen LogP contribution in [0.5, 0.6) is 11.5 Å². The van der Waals surface area contributed by atoms with Crippen LogP contribution in [0.15, 0.2) is 18.2 Å². The maximum atomic E-state index is 12.7. The Morgan fingerprint density at radius 3 is 2.15 bits per heavy atom. The van der Waals surface area contributed by atoms with Gasteiger partial charge in [-0.15, -0.1) is 0 Å². The van der Waals surface area contributed by atoms with Crippen LogP contribution in [0.3, 0.4) is 0 Å². The molecule has 0 bridgehead atoms. The average molecular weight is 389 g/mol. The first-order chi connectivity index (χ1) is 12.4. The van der Waals surface area contributed by atoms with Gasteiger partial charge < -0.3 is 25.0 Å². The number of rotatable bonds is 7. The Morgan fingerprint density at radius 2 is 1.70 bits per heavy atom. The maximum Gasteiger partial charge on any atom is 0.408 e. The summed E-state index contributed by atoms with van der Waals surface area (Å²) in [6.45, 7) is 5.38. The molecule has 1 atom stereocenters. The van der Waals surface area contributed by atoms with Crippen molar-refractivity contribution in [1.82, 2.24) is 5.32 Å². The van der Waals surface area contributed by atoms with Crippen molar-refractivity contribution in [2.24, 2.45) is 0 Å². The van der Waals surface area contributed by atoms with E-state index in [-0.39, 0.29) is 23.5 Å². The quantitative estimate of drug-likeness (QED) is 0.617. The lowest BCUT2D eigenvalue weighted by Gasteiger charge is -2.33. The van der Waals surface area contributed by atoms with Gasteiger partial charge in [0.25, 0.3) is 6.43 Å². The number of hydrogen-bond donors (Lipinski definition) is 3. The highest BCUT2D eigenvalue weighted by Crippen LogP contribution is 2.34. The number of phenols is 2. The molecule has 0 fully saturated rings. The number of hydrogen-bond acceptors (Lipinski definition) is 6. The molecular formula is C18H25F2NO6. The highest BCUT2D eigenvalue weighted by molar-refractivity contribution is 5.87. The molecule has 0 aromatic heterocycles. The molecule has 0 saturated carbocycles. The molecule has 0 aliphatic carbocycles. The Bertz CT molecular complexity index is 654. The van der Waals surface area contributed by atoms with Crippen LogP contribution in [-0.4, -0.2) is 40.9 Å². The minimum absolute atomic E-state index is 0.0213. The lowest BCUT2D eigenvalue weighted by atomic mass is 9.85. The van der Waals surface area contributed by atoms with Crippen molar-refractivity contribution >= 4 is 12.1 Å². The topological polar surface area (TPSA) is 105 Å². The lowest BCUT2D eigenvalue weighted by molar-refractivity contribution is -0.156. The summed E-state index contributed by atoms with van der Waals surface area (Å²) in [7, 11) is 0. The van der Waals surface area contributed by atoms with E-state index in [9.17, 15) is 28.6 Å². The van der Waals surface area contributed by atoms with E-state index in [0.717, 1.165) is 18.2 Å². The molecule has 0 aliphatic heterocycles. The Morgan fingerprint density at radius 1 is 1.15 bits per heavy atom. The SMILES string of the molecule is CCCC(NC(=O)OC(C)(C)C)(C(=O)OCC(F)F)c1cc(O)cc(O)c1. The molecule has 1 amide bonds. The molecule has 0 heterocycles. The summed E-state index contributed by atoms with van der Waals surface area (Å²) < 4.78 is 34.9. The van der Waals surface area contributed by atoms with Gasteiger partial charge in [-0.25, -0.2) is 18.4 Å². The van der Waals surface area contributed by atoms with Crippen LogP contribution in [-0.2, 0) is 19.8 Å². The maximum absolute atomic E-state index is 12.7. The van der Waals surface area contributed by atoms with E-state index < -0.39 is 36.2 Å². The summed E-state index contributed by atoms with van der Waals surface area (Å²) in [6.07, 6.45) is -3.58. The van der Waals surface area contributed by atoms with Crippen molar-refractivity contribution in [2.45, 2.75) is 58.1 Å². The zero-order chi connectivity index (χ0) is 20.8. The number of aromatic hydroxyl groups is 2. The number of amides is 1. The van der Waals surface area contributed by atoms with E-state index in [0.29, 0.717) is 6.42 Å². The second-order valence-electron chi connectivity index (χ2n) is 7.01. The first-order valence-corrected chi connectivity index (χ1v) is 8.39. The van der Waals surface area contributed by atoms with Gasteiger partial charge in [0.2, 0.25) is 0 Å². The summed E-state index contributed by atoms with van der Waals surface area (Å²) >= 11 is 0. The molecule has 1 aromatic carbocycles. The minimum atomic E-state index is -2.90. The van der Waals surface area contributed by atoms with Gasteiger partial charge in [-0.05, 0) is 44.9 Å². The lowest BCUT2D eigenvalue weighted by Crippen LogP contribution is -2.54. The van der Waals surface area contributed by atoms with Crippen LogP contribution in [0.1, 0.15) is 46.1 Å². The van der Waals surface area contributed by atoms with Crippen LogP contribution >= 0.6 is 0 Å². The number of carbonyl (C=O) groups excluding carboxylic acids is 2. The molecule has 0 saturated heterocycles. The molecule has 1 unspecified atom stereocenters. The van der Waals surface area contributed by atoms with Gasteiger partial charge in [0.1, 0.15) is 17.1 Å². The van der Waals surface area contributed by atoms with Crippen molar-refractivity contribution in [3.05, 3.63) is 23.8 Å². The summed E-state index contributed by atoms with van der Waals surface area (Å²) in [4.78, 5) is 25.0. The zero-order valence-electron chi connectivity index (χ0n) is 15.7. The van der Waals surface area contributed by atoms with Gasteiger partial charge in [0, 0.05) is 6.07 Å². The number of ether oxygens (including phenoxy) is 2. The molecule has 0 spiro atoms. The van der Waals surface area contributed by atoms with E-state index >= 15 is 0 Å². The molecule has 7 nitrogen and oxygen atoms in total. The Hall–Kier alpha value is -2.58. The first kappa shape index (κ1) is 22.5.